The molecule has 1 aromatic heterocycles. The molecule has 0 amide bonds. The lowest BCUT2D eigenvalue weighted by Crippen LogP contribution is -2.20. The highest BCUT2D eigenvalue weighted by atomic mass is 15.0. The minimum atomic E-state index is 0.470. The van der Waals surface area contributed by atoms with Crippen molar-refractivity contribution in [2.75, 3.05) is 6.54 Å². The van der Waals surface area contributed by atoms with Crippen molar-refractivity contribution in [3.63, 3.8) is 0 Å². The van der Waals surface area contributed by atoms with Crippen molar-refractivity contribution in [2.45, 2.75) is 13.8 Å². The van der Waals surface area contributed by atoms with Gasteiger partial charge in [-0.15, -0.1) is 0 Å². The van der Waals surface area contributed by atoms with Gasteiger partial charge in [-0.3, -0.25) is 15.3 Å². The number of aromatic nitrogens is 1. The minimum absolute atomic E-state index is 0.470. The molecule has 4 heteroatoms. The average Bonchev–Trinajstić information content (AvgIpc) is 2.25. The lowest BCUT2D eigenvalue weighted by Gasteiger charge is -2.05. The van der Waals surface area contributed by atoms with Crippen LogP contribution in [0.1, 0.15) is 19.4 Å². The molecule has 0 saturated heterocycles. The molecule has 0 aliphatic carbocycles. The molecule has 0 atom stereocenters. The molecule has 1 N–H and O–H groups in total. The Bertz CT molecular complexity index is 362. The Morgan fingerprint density at radius 1 is 1.67 bits per heavy atom. The molecular weight excluding hydrogens is 188 g/mol. The van der Waals surface area contributed by atoms with Gasteiger partial charge in [-0.25, -0.2) is 0 Å². The highest BCUT2D eigenvalue weighted by Crippen LogP contribution is 1.99. The summed E-state index contributed by atoms with van der Waals surface area (Å²) in [4.78, 5) is 8.31. The van der Waals surface area contributed by atoms with Gasteiger partial charge < -0.3 is 0 Å². The maximum atomic E-state index is 8.60. The van der Waals surface area contributed by atoms with Crippen molar-refractivity contribution in [2.24, 2.45) is 10.9 Å². The van der Waals surface area contributed by atoms with Crippen LogP contribution in [0.3, 0.4) is 0 Å². The summed E-state index contributed by atoms with van der Waals surface area (Å²) in [6, 6.07) is 3.69. The van der Waals surface area contributed by atoms with Crippen molar-refractivity contribution < 1.29 is 0 Å². The second-order valence-electron chi connectivity index (χ2n) is 3.56. The van der Waals surface area contributed by atoms with Crippen LogP contribution in [-0.4, -0.2) is 17.4 Å². The van der Waals surface area contributed by atoms with Gasteiger partial charge in [0.15, 0.2) is 6.19 Å². The SMILES string of the molecule is CC(C)CN=C(NC#N)c1cccnc1. The Hall–Kier alpha value is -1.89. The van der Waals surface area contributed by atoms with Crippen molar-refractivity contribution >= 4 is 5.84 Å². The van der Waals surface area contributed by atoms with Crippen LogP contribution in [0.5, 0.6) is 0 Å². The fourth-order valence-corrected chi connectivity index (χ4v) is 1.03. The number of hydrogen-bond acceptors (Lipinski definition) is 3. The van der Waals surface area contributed by atoms with E-state index in [0.29, 0.717) is 18.3 Å². The summed E-state index contributed by atoms with van der Waals surface area (Å²) < 4.78 is 0. The first-order valence-electron chi connectivity index (χ1n) is 4.84. The topological polar surface area (TPSA) is 61.1 Å². The lowest BCUT2D eigenvalue weighted by molar-refractivity contribution is 0.664. The fourth-order valence-electron chi connectivity index (χ4n) is 1.03. The Balaban J connectivity index is 2.84. The Morgan fingerprint density at radius 3 is 3.00 bits per heavy atom. The van der Waals surface area contributed by atoms with E-state index in [9.17, 15) is 0 Å². The lowest BCUT2D eigenvalue weighted by atomic mass is 10.2. The monoisotopic (exact) mass is 202 g/mol. The van der Waals surface area contributed by atoms with E-state index >= 15 is 0 Å². The van der Waals surface area contributed by atoms with Gasteiger partial charge in [-0.1, -0.05) is 13.8 Å². The van der Waals surface area contributed by atoms with Gasteiger partial charge in [-0.05, 0) is 18.1 Å². The molecule has 0 spiro atoms. The largest absolute Gasteiger partial charge is 0.277 e. The molecule has 0 unspecified atom stereocenters. The van der Waals surface area contributed by atoms with E-state index in [2.05, 4.69) is 29.1 Å². The molecule has 0 fully saturated rings. The van der Waals surface area contributed by atoms with Crippen LogP contribution in [0.4, 0.5) is 0 Å². The van der Waals surface area contributed by atoms with Crippen LogP contribution in [0.2, 0.25) is 0 Å². The molecule has 0 aromatic carbocycles. The average molecular weight is 202 g/mol. The summed E-state index contributed by atoms with van der Waals surface area (Å²) in [6.45, 7) is 4.85. The van der Waals surface area contributed by atoms with E-state index in [0.717, 1.165) is 5.56 Å². The molecular formula is C11H14N4. The molecule has 15 heavy (non-hydrogen) atoms. The van der Waals surface area contributed by atoms with Crippen molar-refractivity contribution in [3.8, 4) is 6.19 Å². The Morgan fingerprint density at radius 2 is 2.47 bits per heavy atom. The smallest absolute Gasteiger partial charge is 0.182 e. The van der Waals surface area contributed by atoms with E-state index in [1.165, 1.54) is 0 Å². The van der Waals surface area contributed by atoms with Crippen LogP contribution in [-0.2, 0) is 0 Å². The molecule has 1 heterocycles. The predicted molar refractivity (Wildman–Crippen MR) is 59.2 cm³/mol. The zero-order valence-corrected chi connectivity index (χ0v) is 8.94. The van der Waals surface area contributed by atoms with Crippen LogP contribution < -0.4 is 5.32 Å². The Labute approximate surface area is 89.7 Å². The van der Waals surface area contributed by atoms with E-state index in [-0.39, 0.29) is 0 Å². The third-order valence-corrected chi connectivity index (χ3v) is 1.72. The van der Waals surface area contributed by atoms with Crippen molar-refractivity contribution in [3.05, 3.63) is 30.1 Å². The zero-order valence-electron chi connectivity index (χ0n) is 8.94. The highest BCUT2D eigenvalue weighted by Gasteiger charge is 2.02. The summed E-state index contributed by atoms with van der Waals surface area (Å²) in [5, 5.41) is 11.2. The fraction of sp³-hybridized carbons (Fsp3) is 0.364. The second kappa shape index (κ2) is 5.76. The summed E-state index contributed by atoms with van der Waals surface area (Å²) in [5.41, 5.74) is 0.833. The number of nitrogens with one attached hydrogen (secondary N) is 1. The number of hydrogen-bond donors (Lipinski definition) is 1. The first-order valence-corrected chi connectivity index (χ1v) is 4.84. The number of amidine groups is 1. The van der Waals surface area contributed by atoms with Crippen molar-refractivity contribution in [1.82, 2.24) is 10.3 Å². The molecule has 1 aromatic rings. The number of nitriles is 1. The molecule has 0 aliphatic rings. The highest BCUT2D eigenvalue weighted by molar-refractivity contribution is 5.99. The third-order valence-electron chi connectivity index (χ3n) is 1.72. The zero-order chi connectivity index (χ0) is 11.1. The van der Waals surface area contributed by atoms with Gasteiger partial charge in [-0.2, -0.15) is 5.26 Å². The quantitative estimate of drug-likeness (QED) is 0.350. The first-order chi connectivity index (χ1) is 7.24. The number of aliphatic imine (C=N–C) groups is 1. The second-order valence-corrected chi connectivity index (χ2v) is 3.56. The number of pyridine rings is 1. The van der Waals surface area contributed by atoms with Gasteiger partial charge in [0.25, 0.3) is 0 Å². The summed E-state index contributed by atoms with van der Waals surface area (Å²) in [5.74, 6) is 1.05. The maximum absolute atomic E-state index is 8.60. The van der Waals surface area contributed by atoms with E-state index < -0.39 is 0 Å². The van der Waals surface area contributed by atoms with Gasteiger partial charge >= 0.3 is 0 Å². The standard InChI is InChI=1S/C11H14N4/c1-9(2)6-14-11(15-8-12)10-4-3-5-13-7-10/h3-5,7,9H,6H2,1-2H3,(H,14,15). The Kier molecular flexibility index (Phi) is 4.30. The van der Waals surface area contributed by atoms with Gasteiger partial charge in [0.1, 0.15) is 5.84 Å². The normalized spacial score (nSPS) is 11.2. The van der Waals surface area contributed by atoms with Gasteiger partial charge in [0, 0.05) is 24.5 Å². The molecule has 0 aliphatic heterocycles. The molecule has 0 bridgehead atoms. The van der Waals surface area contributed by atoms with Crippen LogP contribution >= 0.6 is 0 Å². The van der Waals surface area contributed by atoms with Crippen LogP contribution in [0.15, 0.2) is 29.5 Å². The first kappa shape index (κ1) is 11.2. The van der Waals surface area contributed by atoms with Crippen LogP contribution in [0, 0.1) is 17.4 Å². The molecule has 0 saturated carbocycles. The van der Waals surface area contributed by atoms with E-state index in [4.69, 9.17) is 5.26 Å². The number of nitrogens with zero attached hydrogens (tertiary/aromatic N) is 3. The summed E-state index contributed by atoms with van der Waals surface area (Å²) in [6.07, 6.45) is 5.26. The molecule has 78 valence electrons. The van der Waals surface area contributed by atoms with E-state index in [1.54, 1.807) is 12.4 Å². The van der Waals surface area contributed by atoms with Crippen molar-refractivity contribution in [1.29, 1.82) is 5.26 Å². The minimum Gasteiger partial charge on any atom is -0.277 e. The third kappa shape index (κ3) is 3.77. The molecule has 1 rings (SSSR count). The maximum Gasteiger partial charge on any atom is 0.182 e. The van der Waals surface area contributed by atoms with Gasteiger partial charge in [0.05, 0.1) is 0 Å². The van der Waals surface area contributed by atoms with Gasteiger partial charge in [0.2, 0.25) is 0 Å². The van der Waals surface area contributed by atoms with E-state index in [1.807, 2.05) is 18.3 Å². The molecule has 0 radical (unpaired) electrons. The predicted octanol–water partition coefficient (Wildman–Crippen LogP) is 1.55. The van der Waals surface area contributed by atoms with Crippen LogP contribution in [0.25, 0.3) is 0 Å². The summed E-state index contributed by atoms with van der Waals surface area (Å²) in [7, 11) is 0. The summed E-state index contributed by atoms with van der Waals surface area (Å²) >= 11 is 0. The number of rotatable bonds is 3. The molecule has 4 nitrogen and oxygen atoms in total.